The quantitative estimate of drug-likeness (QED) is 0.788. The number of benzene rings is 2. The smallest absolute Gasteiger partial charge is 0.128 e. The first-order chi connectivity index (χ1) is 9.83. The number of ether oxygens (including phenoxy) is 1. The highest BCUT2D eigenvalue weighted by Gasteiger charge is 2.26. The first-order valence-electron chi connectivity index (χ1n) is 6.70. The number of aldehydes is 1. The summed E-state index contributed by atoms with van der Waals surface area (Å²) in [6.07, 6.45) is 5.27. The van der Waals surface area contributed by atoms with Crippen molar-refractivity contribution in [2.24, 2.45) is 0 Å². The maximum atomic E-state index is 11.6. The third-order valence-electron chi connectivity index (χ3n) is 3.87. The van der Waals surface area contributed by atoms with Crippen molar-refractivity contribution in [3.63, 3.8) is 0 Å². The molecular weight excluding hydrogens is 248 g/mol. The zero-order valence-corrected chi connectivity index (χ0v) is 11.3. The van der Waals surface area contributed by atoms with Gasteiger partial charge in [0.25, 0.3) is 0 Å². The van der Waals surface area contributed by atoms with E-state index in [2.05, 4.69) is 12.2 Å². The topological polar surface area (TPSA) is 26.3 Å². The Bertz CT molecular complexity index is 641. The maximum absolute atomic E-state index is 11.6. The van der Waals surface area contributed by atoms with Gasteiger partial charge in [0.05, 0.1) is 13.0 Å². The average molecular weight is 264 g/mol. The maximum Gasteiger partial charge on any atom is 0.128 e. The van der Waals surface area contributed by atoms with E-state index < -0.39 is 0 Å². The van der Waals surface area contributed by atoms with Crippen molar-refractivity contribution in [1.82, 2.24) is 0 Å². The Balaban J connectivity index is 2.00. The van der Waals surface area contributed by atoms with Gasteiger partial charge in [-0.1, -0.05) is 48.6 Å². The van der Waals surface area contributed by atoms with E-state index >= 15 is 0 Å². The van der Waals surface area contributed by atoms with Crippen LogP contribution in [0.2, 0.25) is 0 Å². The van der Waals surface area contributed by atoms with Crippen LogP contribution >= 0.6 is 0 Å². The molecule has 100 valence electrons. The summed E-state index contributed by atoms with van der Waals surface area (Å²) in [5.41, 5.74) is 3.37. The summed E-state index contributed by atoms with van der Waals surface area (Å²) in [6.45, 7) is 0. The Morgan fingerprint density at radius 2 is 1.80 bits per heavy atom. The summed E-state index contributed by atoms with van der Waals surface area (Å²) in [5.74, 6) is 0.800. The molecule has 0 saturated heterocycles. The second kappa shape index (κ2) is 5.33. The van der Waals surface area contributed by atoms with Crippen molar-refractivity contribution >= 4 is 12.4 Å². The van der Waals surface area contributed by atoms with Gasteiger partial charge in [0, 0.05) is 5.92 Å². The van der Waals surface area contributed by atoms with Crippen molar-refractivity contribution in [2.75, 3.05) is 7.11 Å². The molecule has 0 bridgehead atoms. The zero-order chi connectivity index (χ0) is 13.9. The van der Waals surface area contributed by atoms with Gasteiger partial charge in [-0.25, -0.2) is 0 Å². The first kappa shape index (κ1) is 12.7. The predicted molar refractivity (Wildman–Crippen MR) is 80.0 cm³/mol. The lowest BCUT2D eigenvalue weighted by Gasteiger charge is -2.26. The molecule has 2 aromatic carbocycles. The Labute approximate surface area is 118 Å². The van der Waals surface area contributed by atoms with Crippen molar-refractivity contribution < 1.29 is 9.53 Å². The van der Waals surface area contributed by atoms with Crippen LogP contribution in [0.5, 0.6) is 5.75 Å². The summed E-state index contributed by atoms with van der Waals surface area (Å²) in [6, 6.07) is 16.0. The van der Waals surface area contributed by atoms with E-state index in [4.69, 9.17) is 4.74 Å². The first-order valence-corrected chi connectivity index (χ1v) is 6.70. The van der Waals surface area contributed by atoms with Crippen molar-refractivity contribution in [3.8, 4) is 5.75 Å². The third-order valence-corrected chi connectivity index (χ3v) is 3.87. The third kappa shape index (κ3) is 2.14. The van der Waals surface area contributed by atoms with Crippen LogP contribution in [-0.4, -0.2) is 13.4 Å². The lowest BCUT2D eigenvalue weighted by atomic mass is 9.77. The summed E-state index contributed by atoms with van der Waals surface area (Å²) < 4.78 is 5.18. The summed E-state index contributed by atoms with van der Waals surface area (Å²) in [7, 11) is 1.65. The number of hydrogen-bond acceptors (Lipinski definition) is 2. The largest absolute Gasteiger partial charge is 0.497 e. The van der Waals surface area contributed by atoms with Crippen LogP contribution in [0, 0.1) is 0 Å². The molecule has 3 rings (SSSR count). The van der Waals surface area contributed by atoms with E-state index in [-0.39, 0.29) is 11.8 Å². The van der Waals surface area contributed by atoms with Gasteiger partial charge in [-0.05, 0) is 28.8 Å². The highest BCUT2D eigenvalue weighted by molar-refractivity contribution is 5.73. The molecule has 2 atom stereocenters. The standard InChI is InChI=1S/C18H16O2/c1-20-15-9-6-14(7-10-15)17-11-8-13-4-2-3-5-16(13)18(17)12-19/h2-12,17-18H,1H3/t17-,18+/m1/s1. The molecule has 0 aromatic heterocycles. The molecule has 0 fully saturated rings. The van der Waals surface area contributed by atoms with Crippen molar-refractivity contribution in [3.05, 3.63) is 71.3 Å². The number of methoxy groups -OCH3 is 1. The fourth-order valence-corrected chi connectivity index (χ4v) is 2.79. The summed E-state index contributed by atoms with van der Waals surface area (Å²) >= 11 is 0. The minimum atomic E-state index is -0.121. The van der Waals surface area contributed by atoms with Crippen LogP contribution < -0.4 is 4.74 Å². The minimum Gasteiger partial charge on any atom is -0.497 e. The molecule has 1 aliphatic rings. The molecular formula is C18H16O2. The fourth-order valence-electron chi connectivity index (χ4n) is 2.79. The molecule has 0 unspecified atom stereocenters. The Morgan fingerprint density at radius 1 is 1.05 bits per heavy atom. The second-order valence-electron chi connectivity index (χ2n) is 4.95. The van der Waals surface area contributed by atoms with E-state index in [1.165, 1.54) is 0 Å². The fraction of sp³-hybridized carbons (Fsp3) is 0.167. The molecule has 0 radical (unpaired) electrons. The molecule has 2 heteroatoms. The molecule has 2 nitrogen and oxygen atoms in total. The number of hydrogen-bond donors (Lipinski definition) is 0. The van der Waals surface area contributed by atoms with Gasteiger partial charge >= 0.3 is 0 Å². The van der Waals surface area contributed by atoms with Crippen molar-refractivity contribution in [1.29, 1.82) is 0 Å². The van der Waals surface area contributed by atoms with Crippen LogP contribution in [-0.2, 0) is 4.79 Å². The number of rotatable bonds is 3. The van der Waals surface area contributed by atoms with Gasteiger partial charge in [-0.15, -0.1) is 0 Å². The zero-order valence-electron chi connectivity index (χ0n) is 11.3. The van der Waals surface area contributed by atoms with Crippen LogP contribution in [0.25, 0.3) is 6.08 Å². The van der Waals surface area contributed by atoms with Crippen molar-refractivity contribution in [2.45, 2.75) is 11.8 Å². The monoisotopic (exact) mass is 264 g/mol. The minimum absolute atomic E-state index is 0.0910. The second-order valence-corrected chi connectivity index (χ2v) is 4.95. The lowest BCUT2D eigenvalue weighted by molar-refractivity contribution is -0.109. The molecule has 0 N–H and O–H groups in total. The molecule has 0 amide bonds. The Hall–Kier alpha value is -2.35. The van der Waals surface area contributed by atoms with Gasteiger partial charge in [0.1, 0.15) is 12.0 Å². The van der Waals surface area contributed by atoms with Crippen LogP contribution in [0.4, 0.5) is 0 Å². The van der Waals surface area contributed by atoms with Crippen LogP contribution in [0.3, 0.4) is 0 Å². The molecule has 2 aromatic rings. The summed E-state index contributed by atoms with van der Waals surface area (Å²) in [5, 5.41) is 0. The number of carbonyl (C=O) groups is 1. The lowest BCUT2D eigenvalue weighted by Crippen LogP contribution is -2.15. The number of carbonyl (C=O) groups excluding carboxylic acids is 1. The highest BCUT2D eigenvalue weighted by Crippen LogP contribution is 2.39. The molecule has 1 aliphatic carbocycles. The normalized spacial score (nSPS) is 20.2. The molecule has 0 spiro atoms. The SMILES string of the molecule is COc1ccc([C@H]2C=Cc3ccccc3[C@@H]2C=O)cc1. The molecule has 0 heterocycles. The number of allylic oxidation sites excluding steroid dienone is 1. The van der Waals surface area contributed by atoms with Gasteiger partial charge < -0.3 is 9.53 Å². The van der Waals surface area contributed by atoms with Crippen LogP contribution in [0.1, 0.15) is 28.5 Å². The Morgan fingerprint density at radius 3 is 2.50 bits per heavy atom. The highest BCUT2D eigenvalue weighted by atomic mass is 16.5. The van der Waals surface area contributed by atoms with Gasteiger partial charge in [0.2, 0.25) is 0 Å². The van der Waals surface area contributed by atoms with Gasteiger partial charge in [0.15, 0.2) is 0 Å². The Kier molecular flexibility index (Phi) is 3.38. The van der Waals surface area contributed by atoms with E-state index in [1.54, 1.807) is 7.11 Å². The van der Waals surface area contributed by atoms with Gasteiger partial charge in [-0.2, -0.15) is 0 Å². The van der Waals surface area contributed by atoms with Crippen LogP contribution in [0.15, 0.2) is 54.6 Å². The molecule has 20 heavy (non-hydrogen) atoms. The van der Waals surface area contributed by atoms with Gasteiger partial charge in [-0.3, -0.25) is 0 Å². The van der Waals surface area contributed by atoms with E-state index in [0.29, 0.717) is 0 Å². The predicted octanol–water partition coefficient (Wildman–Crippen LogP) is 3.79. The van der Waals surface area contributed by atoms with E-state index in [1.807, 2.05) is 48.5 Å². The van der Waals surface area contributed by atoms with E-state index in [9.17, 15) is 4.79 Å². The average Bonchev–Trinajstić information content (AvgIpc) is 2.54. The summed E-state index contributed by atoms with van der Waals surface area (Å²) in [4.78, 5) is 11.6. The molecule has 0 aliphatic heterocycles. The van der Waals surface area contributed by atoms with E-state index in [0.717, 1.165) is 28.7 Å². The molecule has 0 saturated carbocycles. The number of fused-ring (bicyclic) bond motifs is 1.